The van der Waals surface area contributed by atoms with E-state index in [0.29, 0.717) is 18.0 Å². The largest absolute Gasteiger partial charge is 0.492 e. The van der Waals surface area contributed by atoms with Gasteiger partial charge in [-0.3, -0.25) is 4.79 Å². The van der Waals surface area contributed by atoms with Gasteiger partial charge in [0.25, 0.3) is 0 Å². The summed E-state index contributed by atoms with van der Waals surface area (Å²) in [5, 5.41) is 11.8. The van der Waals surface area contributed by atoms with E-state index in [9.17, 15) is 9.59 Å². The number of para-hydroxylation sites is 2. The number of hydrogen-bond donors (Lipinski definition) is 2. The fourth-order valence-electron chi connectivity index (χ4n) is 2.21. The van der Waals surface area contributed by atoms with Crippen molar-refractivity contribution in [3.63, 3.8) is 0 Å². The summed E-state index contributed by atoms with van der Waals surface area (Å²) in [6.07, 6.45) is 0. The van der Waals surface area contributed by atoms with Crippen molar-refractivity contribution >= 4 is 17.7 Å². The zero-order valence-corrected chi connectivity index (χ0v) is 13.4. The first-order valence-corrected chi connectivity index (χ1v) is 7.63. The molecule has 0 atom stereocenters. The Morgan fingerprint density at radius 3 is 2.42 bits per heavy atom. The number of amides is 2. The van der Waals surface area contributed by atoms with Gasteiger partial charge < -0.3 is 20.1 Å². The van der Waals surface area contributed by atoms with Crippen LogP contribution >= 0.6 is 0 Å². The van der Waals surface area contributed by atoms with Gasteiger partial charge in [-0.25, -0.2) is 4.79 Å². The van der Waals surface area contributed by atoms with Gasteiger partial charge >= 0.3 is 12.0 Å². The molecule has 0 aromatic heterocycles. The fraction of sp³-hybridized carbons (Fsp3) is 0.222. The summed E-state index contributed by atoms with van der Waals surface area (Å²) >= 11 is 0. The molecule has 0 aliphatic heterocycles. The Bertz CT molecular complexity index is 688. The van der Waals surface area contributed by atoms with Gasteiger partial charge in [-0.15, -0.1) is 0 Å². The molecule has 126 valence electrons. The molecule has 2 aromatic rings. The second kappa shape index (κ2) is 8.57. The molecule has 2 aromatic carbocycles. The van der Waals surface area contributed by atoms with Crippen LogP contribution in [0.2, 0.25) is 0 Å². The predicted molar refractivity (Wildman–Crippen MR) is 91.1 cm³/mol. The number of carboxylic acids is 1. The van der Waals surface area contributed by atoms with Gasteiger partial charge in [0.1, 0.15) is 12.3 Å². The molecule has 6 heteroatoms. The summed E-state index contributed by atoms with van der Waals surface area (Å²) in [6, 6.07) is 15.8. The number of urea groups is 1. The number of ether oxygens (including phenoxy) is 1. The molecule has 24 heavy (non-hydrogen) atoms. The number of anilines is 1. The van der Waals surface area contributed by atoms with Crippen LogP contribution in [-0.2, 0) is 11.3 Å². The number of aliphatic carboxylic acids is 1. The predicted octanol–water partition coefficient (Wildman–Crippen LogP) is 3.20. The Hall–Kier alpha value is -3.02. The third-order valence-electron chi connectivity index (χ3n) is 3.26. The van der Waals surface area contributed by atoms with Crippen LogP contribution in [-0.4, -0.2) is 35.2 Å². The normalized spacial score (nSPS) is 10.0. The number of carbonyl (C=O) groups excluding carboxylic acids is 1. The third-order valence-corrected chi connectivity index (χ3v) is 3.26. The highest BCUT2D eigenvalue weighted by Crippen LogP contribution is 2.24. The molecule has 0 fully saturated rings. The quantitative estimate of drug-likeness (QED) is 0.818. The summed E-state index contributed by atoms with van der Waals surface area (Å²) < 4.78 is 5.47. The van der Waals surface area contributed by atoms with E-state index in [-0.39, 0.29) is 6.54 Å². The Morgan fingerprint density at radius 1 is 1.08 bits per heavy atom. The Morgan fingerprint density at radius 2 is 1.75 bits per heavy atom. The minimum Gasteiger partial charge on any atom is -0.492 e. The topological polar surface area (TPSA) is 78.9 Å². The SMILES string of the molecule is CCOc1ccccc1NC(=O)N(CC(=O)O)Cc1ccccc1. The van der Waals surface area contributed by atoms with Crippen molar-refractivity contribution in [1.29, 1.82) is 0 Å². The van der Waals surface area contributed by atoms with Gasteiger partial charge in [0, 0.05) is 6.54 Å². The lowest BCUT2D eigenvalue weighted by molar-refractivity contribution is -0.137. The van der Waals surface area contributed by atoms with Crippen molar-refractivity contribution in [2.75, 3.05) is 18.5 Å². The van der Waals surface area contributed by atoms with Crippen LogP contribution in [0, 0.1) is 0 Å². The van der Waals surface area contributed by atoms with Crippen molar-refractivity contribution in [2.45, 2.75) is 13.5 Å². The zero-order valence-electron chi connectivity index (χ0n) is 13.4. The van der Waals surface area contributed by atoms with E-state index in [2.05, 4.69) is 5.32 Å². The lowest BCUT2D eigenvalue weighted by Crippen LogP contribution is -2.38. The first-order valence-electron chi connectivity index (χ1n) is 7.63. The number of nitrogens with one attached hydrogen (secondary N) is 1. The molecule has 0 radical (unpaired) electrons. The maximum absolute atomic E-state index is 12.5. The van der Waals surface area contributed by atoms with E-state index >= 15 is 0 Å². The first kappa shape index (κ1) is 17.3. The van der Waals surface area contributed by atoms with Crippen LogP contribution in [0.25, 0.3) is 0 Å². The molecular weight excluding hydrogens is 308 g/mol. The van der Waals surface area contributed by atoms with E-state index in [4.69, 9.17) is 9.84 Å². The Kier molecular flexibility index (Phi) is 6.19. The Labute approximate surface area is 140 Å². The molecule has 2 amide bonds. The van der Waals surface area contributed by atoms with Gasteiger partial charge in [0.2, 0.25) is 0 Å². The van der Waals surface area contributed by atoms with Crippen LogP contribution in [0.3, 0.4) is 0 Å². The van der Waals surface area contributed by atoms with E-state index < -0.39 is 18.5 Å². The van der Waals surface area contributed by atoms with E-state index in [1.807, 2.05) is 37.3 Å². The molecule has 0 aliphatic carbocycles. The number of rotatable bonds is 7. The number of carbonyl (C=O) groups is 2. The molecule has 2 N–H and O–H groups in total. The Balaban J connectivity index is 2.14. The molecular formula is C18H20N2O4. The lowest BCUT2D eigenvalue weighted by atomic mass is 10.2. The molecule has 0 spiro atoms. The minimum atomic E-state index is -1.07. The molecule has 0 bridgehead atoms. The summed E-state index contributed by atoms with van der Waals surface area (Å²) in [4.78, 5) is 24.8. The van der Waals surface area contributed by atoms with Crippen molar-refractivity contribution in [3.05, 3.63) is 60.2 Å². The molecule has 0 heterocycles. The van der Waals surface area contributed by atoms with Crippen molar-refractivity contribution in [2.24, 2.45) is 0 Å². The molecule has 2 rings (SSSR count). The van der Waals surface area contributed by atoms with E-state index in [1.165, 1.54) is 4.90 Å². The minimum absolute atomic E-state index is 0.204. The summed E-state index contributed by atoms with van der Waals surface area (Å²) in [5.74, 6) is -0.525. The van der Waals surface area contributed by atoms with Crippen LogP contribution < -0.4 is 10.1 Å². The fourth-order valence-corrected chi connectivity index (χ4v) is 2.21. The molecule has 0 saturated carbocycles. The lowest BCUT2D eigenvalue weighted by Gasteiger charge is -2.22. The summed E-state index contributed by atoms with van der Waals surface area (Å²) in [5.41, 5.74) is 1.36. The highest BCUT2D eigenvalue weighted by Gasteiger charge is 2.18. The standard InChI is InChI=1S/C18H20N2O4/c1-2-24-16-11-7-6-10-15(16)19-18(23)20(13-17(21)22)12-14-8-4-3-5-9-14/h3-11H,2,12-13H2,1H3,(H,19,23)(H,21,22). The summed E-state index contributed by atoms with van der Waals surface area (Å²) in [7, 11) is 0. The average Bonchev–Trinajstić information content (AvgIpc) is 2.57. The second-order valence-corrected chi connectivity index (χ2v) is 5.09. The number of hydrogen-bond acceptors (Lipinski definition) is 3. The summed E-state index contributed by atoms with van der Waals surface area (Å²) in [6.45, 7) is 2.13. The van der Waals surface area contributed by atoms with E-state index in [1.54, 1.807) is 24.3 Å². The molecule has 6 nitrogen and oxygen atoms in total. The van der Waals surface area contributed by atoms with Gasteiger partial charge in [0.05, 0.1) is 12.3 Å². The third kappa shape index (κ3) is 5.01. The van der Waals surface area contributed by atoms with Crippen LogP contribution in [0.1, 0.15) is 12.5 Å². The van der Waals surface area contributed by atoms with Gasteiger partial charge in [0.15, 0.2) is 0 Å². The van der Waals surface area contributed by atoms with Gasteiger partial charge in [-0.2, -0.15) is 0 Å². The van der Waals surface area contributed by atoms with Crippen molar-refractivity contribution in [3.8, 4) is 5.75 Å². The molecule has 0 aliphatic rings. The number of carboxylic acid groups (broad SMARTS) is 1. The van der Waals surface area contributed by atoms with Crippen LogP contribution in [0.15, 0.2) is 54.6 Å². The van der Waals surface area contributed by atoms with Crippen molar-refractivity contribution < 1.29 is 19.4 Å². The van der Waals surface area contributed by atoms with Crippen LogP contribution in [0.4, 0.5) is 10.5 Å². The molecule has 0 unspecified atom stereocenters. The zero-order chi connectivity index (χ0) is 17.4. The smallest absolute Gasteiger partial charge is 0.323 e. The van der Waals surface area contributed by atoms with Gasteiger partial charge in [-0.05, 0) is 24.6 Å². The van der Waals surface area contributed by atoms with Gasteiger partial charge in [-0.1, -0.05) is 42.5 Å². The molecule has 0 saturated heterocycles. The van der Waals surface area contributed by atoms with Crippen LogP contribution in [0.5, 0.6) is 5.75 Å². The number of nitrogens with zero attached hydrogens (tertiary/aromatic N) is 1. The second-order valence-electron chi connectivity index (χ2n) is 5.09. The maximum atomic E-state index is 12.5. The van der Waals surface area contributed by atoms with Crippen molar-refractivity contribution in [1.82, 2.24) is 4.90 Å². The highest BCUT2D eigenvalue weighted by atomic mass is 16.5. The van der Waals surface area contributed by atoms with E-state index in [0.717, 1.165) is 5.56 Å². The monoisotopic (exact) mass is 328 g/mol. The number of benzene rings is 2. The average molecular weight is 328 g/mol. The maximum Gasteiger partial charge on any atom is 0.323 e. The highest BCUT2D eigenvalue weighted by molar-refractivity contribution is 5.92. The first-order chi connectivity index (χ1) is 11.6.